The van der Waals surface area contributed by atoms with Crippen molar-refractivity contribution in [3.63, 3.8) is 0 Å². The van der Waals surface area contributed by atoms with Gasteiger partial charge in [-0.25, -0.2) is 9.18 Å². The number of halogens is 1. The second-order valence-corrected chi connectivity index (χ2v) is 8.76. The van der Waals surface area contributed by atoms with Crippen LogP contribution in [0.15, 0.2) is 60.7 Å². The Kier molecular flexibility index (Phi) is 6.47. The van der Waals surface area contributed by atoms with Crippen LogP contribution in [0.3, 0.4) is 0 Å². The predicted octanol–water partition coefficient (Wildman–Crippen LogP) is 6.79. The van der Waals surface area contributed by atoms with Gasteiger partial charge in [-0.15, -0.1) is 11.3 Å². The fourth-order valence-electron chi connectivity index (χ4n) is 3.75. The highest BCUT2D eigenvalue weighted by atomic mass is 32.1. The molecule has 0 aliphatic carbocycles. The molecule has 0 aliphatic rings. The molecule has 3 aromatic carbocycles. The molecule has 0 bridgehead atoms. The Hall–Kier alpha value is -3.97. The number of hydrogen-bond acceptors (Lipinski definition) is 5. The van der Waals surface area contributed by atoms with Crippen LogP contribution in [-0.4, -0.2) is 24.0 Å². The molecule has 0 fully saturated rings. The predicted molar refractivity (Wildman–Crippen MR) is 131 cm³/mol. The summed E-state index contributed by atoms with van der Waals surface area (Å²) in [7, 11) is 1.57. The number of carbonyl (C=O) groups is 2. The topological polar surface area (TPSA) is 72.8 Å². The Bertz CT molecular complexity index is 1410. The van der Waals surface area contributed by atoms with Gasteiger partial charge in [0.1, 0.15) is 22.2 Å². The maximum absolute atomic E-state index is 13.8. The standard InChI is InChI=1S/C27H21FO5S/c1-15-12-18(28)13-16(2)24(15)25(31)27-26(21-10-9-20(32-3)14-22(21)34-27)33-19-7-4-17(5-8-19)6-11-23(29)30/h4-14H,1-3H3,(H,29,30)/b11-6+. The van der Waals surface area contributed by atoms with Gasteiger partial charge >= 0.3 is 5.97 Å². The van der Waals surface area contributed by atoms with Crippen molar-refractivity contribution in [3.05, 3.63) is 93.6 Å². The van der Waals surface area contributed by atoms with E-state index >= 15 is 0 Å². The van der Waals surface area contributed by atoms with Crippen molar-refractivity contribution in [2.45, 2.75) is 13.8 Å². The number of ketones is 1. The zero-order valence-corrected chi connectivity index (χ0v) is 19.5. The first-order valence-electron chi connectivity index (χ1n) is 10.4. The highest BCUT2D eigenvalue weighted by Crippen LogP contribution is 2.43. The number of methoxy groups -OCH3 is 1. The van der Waals surface area contributed by atoms with E-state index in [1.54, 1.807) is 51.3 Å². The maximum Gasteiger partial charge on any atom is 0.328 e. The van der Waals surface area contributed by atoms with Gasteiger partial charge < -0.3 is 14.6 Å². The summed E-state index contributed by atoms with van der Waals surface area (Å²) >= 11 is 1.29. The van der Waals surface area contributed by atoms with Crippen LogP contribution in [0.25, 0.3) is 16.2 Å². The van der Waals surface area contributed by atoms with Crippen LogP contribution in [0.5, 0.6) is 17.2 Å². The van der Waals surface area contributed by atoms with E-state index in [-0.39, 0.29) is 11.6 Å². The SMILES string of the molecule is COc1ccc2c(Oc3ccc(/C=C/C(=O)O)cc3)c(C(=O)c3c(C)cc(F)cc3C)sc2c1. The molecule has 1 aromatic heterocycles. The Morgan fingerprint density at radius 2 is 1.62 bits per heavy atom. The lowest BCUT2D eigenvalue weighted by atomic mass is 9.97. The van der Waals surface area contributed by atoms with E-state index in [2.05, 4.69) is 0 Å². The average molecular weight is 477 g/mol. The average Bonchev–Trinajstić information content (AvgIpc) is 3.15. The molecule has 0 unspecified atom stereocenters. The number of aliphatic carboxylic acids is 1. The molecule has 172 valence electrons. The molecule has 4 rings (SSSR count). The Balaban J connectivity index is 1.80. The number of carboxylic acid groups (broad SMARTS) is 1. The van der Waals surface area contributed by atoms with Crippen LogP contribution < -0.4 is 9.47 Å². The lowest BCUT2D eigenvalue weighted by Gasteiger charge is -2.11. The summed E-state index contributed by atoms with van der Waals surface area (Å²) in [4.78, 5) is 24.8. The van der Waals surface area contributed by atoms with Crippen LogP contribution >= 0.6 is 11.3 Å². The van der Waals surface area contributed by atoms with Crippen LogP contribution in [0.1, 0.15) is 31.9 Å². The number of rotatable bonds is 7. The molecule has 34 heavy (non-hydrogen) atoms. The van der Waals surface area contributed by atoms with Crippen LogP contribution in [0, 0.1) is 19.7 Å². The van der Waals surface area contributed by atoms with Crippen LogP contribution in [0.2, 0.25) is 0 Å². The number of hydrogen-bond donors (Lipinski definition) is 1. The molecule has 0 atom stereocenters. The third-order valence-corrected chi connectivity index (χ3v) is 6.43. The number of aryl methyl sites for hydroxylation is 2. The molecule has 0 spiro atoms. The minimum absolute atomic E-state index is 0.244. The summed E-state index contributed by atoms with van der Waals surface area (Å²) in [6.07, 6.45) is 2.53. The highest BCUT2D eigenvalue weighted by molar-refractivity contribution is 7.21. The molecule has 5 nitrogen and oxygen atoms in total. The second-order valence-electron chi connectivity index (χ2n) is 7.71. The van der Waals surface area contributed by atoms with Crippen LogP contribution in [-0.2, 0) is 4.79 Å². The first kappa shape index (κ1) is 23.2. The maximum atomic E-state index is 13.8. The van der Waals surface area contributed by atoms with Gasteiger partial charge in [0.2, 0.25) is 5.78 Å². The van der Waals surface area contributed by atoms with Gasteiger partial charge in [0.05, 0.1) is 7.11 Å². The molecule has 4 aromatic rings. The molecule has 1 N–H and O–H groups in total. The number of carbonyl (C=O) groups excluding carboxylic acids is 1. The van der Waals surface area contributed by atoms with E-state index in [9.17, 15) is 14.0 Å². The summed E-state index contributed by atoms with van der Waals surface area (Å²) in [5.41, 5.74) is 2.25. The number of fused-ring (bicyclic) bond motifs is 1. The molecule has 0 aliphatic heterocycles. The Morgan fingerprint density at radius 3 is 2.24 bits per heavy atom. The molecular weight excluding hydrogens is 455 g/mol. The van der Waals surface area contributed by atoms with Gasteiger partial charge in [0, 0.05) is 21.7 Å². The van der Waals surface area contributed by atoms with Gasteiger partial charge in [0.15, 0.2) is 5.75 Å². The first-order chi connectivity index (χ1) is 16.3. The second kappa shape index (κ2) is 9.49. The van der Waals surface area contributed by atoms with E-state index in [0.29, 0.717) is 44.4 Å². The highest BCUT2D eigenvalue weighted by Gasteiger charge is 2.25. The monoisotopic (exact) mass is 476 g/mol. The third kappa shape index (κ3) is 4.70. The Morgan fingerprint density at radius 1 is 0.971 bits per heavy atom. The molecule has 7 heteroatoms. The van der Waals surface area contributed by atoms with Crippen molar-refractivity contribution in [1.29, 1.82) is 0 Å². The largest absolute Gasteiger partial charge is 0.497 e. The normalized spacial score (nSPS) is 11.2. The van der Waals surface area contributed by atoms with Gasteiger partial charge in [-0.1, -0.05) is 12.1 Å². The van der Waals surface area contributed by atoms with Crippen molar-refractivity contribution in [3.8, 4) is 17.2 Å². The van der Waals surface area contributed by atoms with Crippen molar-refractivity contribution >= 4 is 39.3 Å². The summed E-state index contributed by atoms with van der Waals surface area (Å²) in [6, 6.07) is 15.0. The molecule has 0 amide bonds. The molecule has 0 radical (unpaired) electrons. The van der Waals surface area contributed by atoms with Gasteiger partial charge in [-0.05, 0) is 79.1 Å². The van der Waals surface area contributed by atoms with Crippen molar-refractivity contribution < 1.29 is 28.6 Å². The number of ether oxygens (including phenoxy) is 2. The van der Waals surface area contributed by atoms with Crippen molar-refractivity contribution in [2.75, 3.05) is 7.11 Å². The lowest BCUT2D eigenvalue weighted by Crippen LogP contribution is -2.06. The first-order valence-corrected chi connectivity index (χ1v) is 11.2. The van der Waals surface area contributed by atoms with Gasteiger partial charge in [-0.3, -0.25) is 4.79 Å². The summed E-state index contributed by atoms with van der Waals surface area (Å²) in [5, 5.41) is 9.55. The smallest absolute Gasteiger partial charge is 0.328 e. The van der Waals surface area contributed by atoms with Crippen molar-refractivity contribution in [2.24, 2.45) is 0 Å². The molecule has 1 heterocycles. The van der Waals surface area contributed by atoms with Crippen molar-refractivity contribution in [1.82, 2.24) is 0 Å². The number of benzene rings is 3. The van der Waals surface area contributed by atoms with E-state index < -0.39 is 5.97 Å². The quantitative estimate of drug-likeness (QED) is 0.235. The zero-order valence-electron chi connectivity index (χ0n) is 18.7. The summed E-state index contributed by atoms with van der Waals surface area (Å²) < 4.78 is 26.2. The lowest BCUT2D eigenvalue weighted by molar-refractivity contribution is -0.131. The molecule has 0 saturated carbocycles. The fraction of sp³-hybridized carbons (Fsp3) is 0.111. The summed E-state index contributed by atoms with van der Waals surface area (Å²) in [5.74, 6) is -0.112. The van der Waals surface area contributed by atoms with E-state index in [4.69, 9.17) is 14.6 Å². The minimum Gasteiger partial charge on any atom is -0.497 e. The molecule has 0 saturated heterocycles. The Labute approximate surface area is 199 Å². The number of carboxylic acids is 1. The van der Waals surface area contributed by atoms with E-state index in [1.165, 1.54) is 29.5 Å². The zero-order chi connectivity index (χ0) is 24.4. The number of thiophene rings is 1. The fourth-order valence-corrected chi connectivity index (χ4v) is 4.85. The van der Waals surface area contributed by atoms with Gasteiger partial charge in [-0.2, -0.15) is 0 Å². The molecular formula is C27H21FO5S. The summed E-state index contributed by atoms with van der Waals surface area (Å²) in [6.45, 7) is 3.42. The van der Waals surface area contributed by atoms with Gasteiger partial charge in [0.25, 0.3) is 0 Å². The van der Waals surface area contributed by atoms with E-state index in [0.717, 1.165) is 16.2 Å². The van der Waals surface area contributed by atoms with E-state index in [1.807, 2.05) is 12.1 Å². The third-order valence-electron chi connectivity index (χ3n) is 5.30. The minimum atomic E-state index is -1.03. The van der Waals surface area contributed by atoms with Crippen LogP contribution in [0.4, 0.5) is 4.39 Å².